The Kier molecular flexibility index (Phi) is 5.43. The van der Waals surface area contributed by atoms with Gasteiger partial charge in [0, 0.05) is 16.9 Å². The van der Waals surface area contributed by atoms with E-state index in [1.54, 1.807) is 17.6 Å². The van der Waals surface area contributed by atoms with Crippen molar-refractivity contribution in [2.75, 3.05) is 10.6 Å². The molecule has 0 saturated heterocycles. The highest BCUT2D eigenvalue weighted by atomic mass is 32.1. The number of hydrogen-bond acceptors (Lipinski definition) is 4. The number of thiazole rings is 1. The molecule has 2 N–H and O–H groups in total. The lowest BCUT2D eigenvalue weighted by Crippen LogP contribution is -2.19. The zero-order valence-electron chi connectivity index (χ0n) is 15.7. The number of carbonyl (C=O) groups is 2. The van der Waals surface area contributed by atoms with E-state index in [0.717, 1.165) is 22.3 Å². The maximum absolute atomic E-state index is 13.2. The molecule has 4 rings (SSSR count). The fourth-order valence-corrected chi connectivity index (χ4v) is 3.66. The monoisotopic (exact) mass is 441 g/mol. The molecule has 0 aliphatic carbocycles. The van der Waals surface area contributed by atoms with E-state index in [0.29, 0.717) is 5.69 Å². The molecule has 3 aromatic carbocycles. The summed E-state index contributed by atoms with van der Waals surface area (Å²) < 4.78 is 40.5. The molecule has 2 amide bonds. The smallest absolute Gasteiger partial charge is 0.322 e. The number of carbonyl (C=O) groups excluding carboxylic acids is 2. The van der Waals surface area contributed by atoms with Crippen molar-refractivity contribution in [1.82, 2.24) is 4.98 Å². The van der Waals surface area contributed by atoms with E-state index >= 15 is 0 Å². The maximum Gasteiger partial charge on any atom is 0.417 e. The normalized spacial score (nSPS) is 11.3. The van der Waals surface area contributed by atoms with Gasteiger partial charge in [0.15, 0.2) is 0 Å². The summed E-state index contributed by atoms with van der Waals surface area (Å²) in [4.78, 5) is 29.2. The first-order chi connectivity index (χ1) is 14.8. The molecule has 0 unspecified atom stereocenters. The Morgan fingerprint density at radius 3 is 2.39 bits per heavy atom. The summed E-state index contributed by atoms with van der Waals surface area (Å²) >= 11 is 1.49. The third kappa shape index (κ3) is 4.56. The van der Waals surface area contributed by atoms with Crippen molar-refractivity contribution < 1.29 is 22.8 Å². The Hall–Kier alpha value is -3.72. The van der Waals surface area contributed by atoms with Crippen LogP contribution >= 0.6 is 11.3 Å². The molecule has 0 saturated carbocycles. The van der Waals surface area contributed by atoms with Crippen LogP contribution in [0.25, 0.3) is 10.2 Å². The SMILES string of the molecule is O=C(Nc1ccc2scnc2c1)c1cccc(NC(=O)c2ccccc2C(F)(F)F)c1. The largest absolute Gasteiger partial charge is 0.417 e. The van der Waals surface area contributed by atoms with Crippen LogP contribution in [0.2, 0.25) is 0 Å². The number of nitrogens with one attached hydrogen (secondary N) is 2. The fourth-order valence-electron chi connectivity index (χ4n) is 3.00. The molecule has 0 fully saturated rings. The zero-order valence-corrected chi connectivity index (χ0v) is 16.6. The average Bonchev–Trinajstić information content (AvgIpc) is 3.21. The van der Waals surface area contributed by atoms with Gasteiger partial charge in [-0.15, -0.1) is 11.3 Å². The Morgan fingerprint density at radius 1 is 0.839 bits per heavy atom. The topological polar surface area (TPSA) is 71.1 Å². The van der Waals surface area contributed by atoms with E-state index in [1.165, 1.54) is 47.7 Å². The number of amides is 2. The lowest BCUT2D eigenvalue weighted by molar-refractivity contribution is -0.137. The minimum atomic E-state index is -4.66. The molecule has 156 valence electrons. The lowest BCUT2D eigenvalue weighted by Gasteiger charge is -2.13. The van der Waals surface area contributed by atoms with Crippen molar-refractivity contribution in [3.8, 4) is 0 Å². The van der Waals surface area contributed by atoms with Gasteiger partial charge < -0.3 is 10.6 Å². The van der Waals surface area contributed by atoms with Crippen LogP contribution in [0.4, 0.5) is 24.5 Å². The van der Waals surface area contributed by atoms with Gasteiger partial charge in [0.05, 0.1) is 26.9 Å². The third-order valence-corrected chi connectivity index (χ3v) is 5.26. The molecule has 5 nitrogen and oxygen atoms in total. The van der Waals surface area contributed by atoms with Gasteiger partial charge in [0.25, 0.3) is 11.8 Å². The molecule has 0 aliphatic rings. The Balaban J connectivity index is 1.52. The van der Waals surface area contributed by atoms with Gasteiger partial charge in [-0.05, 0) is 48.5 Å². The standard InChI is InChI=1S/C22H14F3N3O2S/c23-22(24,25)17-7-2-1-6-16(17)21(30)28-14-5-3-4-13(10-14)20(29)27-15-8-9-19-18(11-15)26-12-31-19/h1-12H,(H,27,29)(H,28,30). The molecule has 0 atom stereocenters. The maximum atomic E-state index is 13.2. The van der Waals surface area contributed by atoms with Crippen molar-refractivity contribution in [2.45, 2.75) is 6.18 Å². The van der Waals surface area contributed by atoms with E-state index in [9.17, 15) is 22.8 Å². The highest BCUT2D eigenvalue weighted by Crippen LogP contribution is 2.32. The van der Waals surface area contributed by atoms with Crippen molar-refractivity contribution in [3.63, 3.8) is 0 Å². The molecule has 1 heterocycles. The molecule has 9 heteroatoms. The molecule has 0 aliphatic heterocycles. The lowest BCUT2D eigenvalue weighted by atomic mass is 10.1. The van der Waals surface area contributed by atoms with Crippen molar-refractivity contribution in [2.24, 2.45) is 0 Å². The van der Waals surface area contributed by atoms with Crippen LogP contribution in [0, 0.1) is 0 Å². The number of benzene rings is 3. The van der Waals surface area contributed by atoms with Crippen LogP contribution in [0.5, 0.6) is 0 Å². The number of aromatic nitrogens is 1. The molecule has 0 bridgehead atoms. The van der Waals surface area contributed by atoms with Gasteiger partial charge in [0.2, 0.25) is 0 Å². The van der Waals surface area contributed by atoms with Gasteiger partial charge in [-0.3, -0.25) is 9.59 Å². The van der Waals surface area contributed by atoms with E-state index < -0.39 is 29.1 Å². The first-order valence-corrected chi connectivity index (χ1v) is 9.91. The predicted octanol–water partition coefficient (Wildman–Crippen LogP) is 5.82. The predicted molar refractivity (Wildman–Crippen MR) is 113 cm³/mol. The molecule has 4 aromatic rings. The quantitative estimate of drug-likeness (QED) is 0.419. The second-order valence-corrected chi connectivity index (χ2v) is 7.45. The Labute approximate surface area is 178 Å². The minimum absolute atomic E-state index is 0.199. The molecule has 0 radical (unpaired) electrons. The third-order valence-electron chi connectivity index (χ3n) is 4.45. The van der Waals surface area contributed by atoms with E-state index in [1.807, 2.05) is 6.07 Å². The second-order valence-electron chi connectivity index (χ2n) is 6.57. The van der Waals surface area contributed by atoms with Gasteiger partial charge >= 0.3 is 6.18 Å². The number of alkyl halides is 3. The summed E-state index contributed by atoms with van der Waals surface area (Å²) in [7, 11) is 0. The highest BCUT2D eigenvalue weighted by Gasteiger charge is 2.34. The van der Waals surface area contributed by atoms with Crippen LogP contribution in [0.1, 0.15) is 26.3 Å². The fraction of sp³-hybridized carbons (Fsp3) is 0.0455. The van der Waals surface area contributed by atoms with Gasteiger partial charge in [-0.2, -0.15) is 13.2 Å². The van der Waals surface area contributed by atoms with Crippen LogP contribution < -0.4 is 10.6 Å². The summed E-state index contributed by atoms with van der Waals surface area (Å²) in [5.74, 6) is -1.35. The highest BCUT2D eigenvalue weighted by molar-refractivity contribution is 7.16. The molecule has 31 heavy (non-hydrogen) atoms. The van der Waals surface area contributed by atoms with Crippen molar-refractivity contribution >= 4 is 44.7 Å². The van der Waals surface area contributed by atoms with Gasteiger partial charge in [0.1, 0.15) is 0 Å². The summed E-state index contributed by atoms with van der Waals surface area (Å²) in [5, 5.41) is 5.17. The summed E-state index contributed by atoms with van der Waals surface area (Å²) in [5.41, 5.74) is 1.92. The molecule has 1 aromatic heterocycles. The Morgan fingerprint density at radius 2 is 1.58 bits per heavy atom. The zero-order chi connectivity index (χ0) is 22.0. The van der Waals surface area contributed by atoms with Crippen LogP contribution in [0.15, 0.2) is 72.2 Å². The number of nitrogens with zero attached hydrogens (tertiary/aromatic N) is 1. The first-order valence-electron chi connectivity index (χ1n) is 9.03. The summed E-state index contributed by atoms with van der Waals surface area (Å²) in [6.07, 6.45) is -4.66. The second kappa shape index (κ2) is 8.19. The molecular formula is C22H14F3N3O2S. The molecule has 0 spiro atoms. The number of anilines is 2. The number of fused-ring (bicyclic) bond motifs is 1. The summed E-state index contributed by atoms with van der Waals surface area (Å²) in [6.45, 7) is 0. The van der Waals surface area contributed by atoms with Crippen molar-refractivity contribution in [1.29, 1.82) is 0 Å². The summed E-state index contributed by atoms with van der Waals surface area (Å²) in [6, 6.07) is 15.8. The van der Waals surface area contributed by atoms with E-state index in [2.05, 4.69) is 15.6 Å². The van der Waals surface area contributed by atoms with E-state index in [4.69, 9.17) is 0 Å². The van der Waals surface area contributed by atoms with Gasteiger partial charge in [-0.1, -0.05) is 18.2 Å². The van der Waals surface area contributed by atoms with E-state index in [-0.39, 0.29) is 11.3 Å². The number of halogens is 3. The average molecular weight is 441 g/mol. The molecular weight excluding hydrogens is 427 g/mol. The Bertz CT molecular complexity index is 1280. The van der Waals surface area contributed by atoms with Crippen LogP contribution in [-0.4, -0.2) is 16.8 Å². The van der Waals surface area contributed by atoms with Crippen LogP contribution in [0.3, 0.4) is 0 Å². The van der Waals surface area contributed by atoms with Gasteiger partial charge in [-0.25, -0.2) is 4.98 Å². The van der Waals surface area contributed by atoms with Crippen LogP contribution in [-0.2, 0) is 6.18 Å². The number of rotatable bonds is 4. The minimum Gasteiger partial charge on any atom is -0.322 e. The number of hydrogen-bond donors (Lipinski definition) is 2. The van der Waals surface area contributed by atoms with Crippen molar-refractivity contribution in [3.05, 3.63) is 88.9 Å². The first kappa shape index (κ1) is 20.5.